The second kappa shape index (κ2) is 3.97. The molecule has 0 aromatic heterocycles. The molecule has 1 aliphatic heterocycles. The Hall–Kier alpha value is -2.06. The van der Waals surface area contributed by atoms with E-state index in [0.717, 1.165) is 19.2 Å². The fourth-order valence-electron chi connectivity index (χ4n) is 1.52. The van der Waals surface area contributed by atoms with E-state index in [-0.39, 0.29) is 0 Å². The number of hydrogen-bond acceptors (Lipinski definition) is 4. The molecule has 0 saturated heterocycles. The van der Waals surface area contributed by atoms with Gasteiger partial charge in [-0.3, -0.25) is 4.79 Å². The van der Waals surface area contributed by atoms with E-state index < -0.39 is 41.1 Å². The van der Waals surface area contributed by atoms with Crippen LogP contribution >= 0.6 is 0 Å². The van der Waals surface area contributed by atoms with Gasteiger partial charge in [0.25, 0.3) is 5.78 Å². The molecule has 19 heavy (non-hydrogen) atoms. The van der Waals surface area contributed by atoms with E-state index in [1.807, 2.05) is 0 Å². The summed E-state index contributed by atoms with van der Waals surface area (Å²) in [6.45, 7) is 0. The third kappa shape index (κ3) is 2.27. The number of halogens is 5. The van der Waals surface area contributed by atoms with E-state index in [9.17, 15) is 26.7 Å². The number of Topliss-reactive ketones (excluding diaryl/α,β-unsaturated/α-hetero) is 1. The molecule has 9 heteroatoms. The molecule has 1 aromatic rings. The molecule has 1 aliphatic rings. The number of carbonyl (C=O) groups is 1. The molecule has 0 spiro atoms. The van der Waals surface area contributed by atoms with Crippen LogP contribution in [0.1, 0.15) is 10.4 Å². The Labute approximate surface area is 102 Å². The maximum Gasteiger partial charge on any atom is 0.586 e. The predicted molar refractivity (Wildman–Crippen MR) is 49.6 cm³/mol. The second-order valence-corrected chi connectivity index (χ2v) is 3.46. The molecule has 0 bridgehead atoms. The summed E-state index contributed by atoms with van der Waals surface area (Å²) in [5.41, 5.74) is -1.15. The first-order chi connectivity index (χ1) is 8.65. The van der Waals surface area contributed by atoms with Gasteiger partial charge >= 0.3 is 12.5 Å². The molecule has 104 valence electrons. The first kappa shape index (κ1) is 13.4. The zero-order chi connectivity index (χ0) is 14.4. The third-order valence-corrected chi connectivity index (χ3v) is 2.24. The van der Waals surface area contributed by atoms with Crippen LogP contribution in [-0.2, 0) is 0 Å². The zero-order valence-electron chi connectivity index (χ0n) is 9.18. The second-order valence-electron chi connectivity index (χ2n) is 3.46. The predicted octanol–water partition coefficient (Wildman–Crippen LogP) is 2.76. The van der Waals surface area contributed by atoms with Gasteiger partial charge in [-0.2, -0.15) is 13.2 Å². The van der Waals surface area contributed by atoms with E-state index in [4.69, 9.17) is 0 Å². The fourth-order valence-corrected chi connectivity index (χ4v) is 1.52. The third-order valence-electron chi connectivity index (χ3n) is 2.24. The van der Waals surface area contributed by atoms with Crippen LogP contribution < -0.4 is 14.2 Å². The Morgan fingerprint density at radius 1 is 1.26 bits per heavy atom. The topological polar surface area (TPSA) is 44.8 Å². The number of rotatable bonds is 2. The Balaban J connectivity index is 2.60. The van der Waals surface area contributed by atoms with Gasteiger partial charge in [0.05, 0.1) is 7.11 Å². The largest absolute Gasteiger partial charge is 0.586 e. The summed E-state index contributed by atoms with van der Waals surface area (Å²) < 4.78 is 75.4. The molecule has 0 radical (unpaired) electrons. The van der Waals surface area contributed by atoms with Gasteiger partial charge in [-0.25, -0.2) is 0 Å². The minimum Gasteiger partial charge on any atom is -0.496 e. The van der Waals surface area contributed by atoms with Crippen molar-refractivity contribution >= 4 is 5.78 Å². The van der Waals surface area contributed by atoms with E-state index in [1.54, 1.807) is 0 Å². The Bertz CT molecular complexity index is 537. The molecule has 0 saturated carbocycles. The number of ketones is 1. The van der Waals surface area contributed by atoms with Gasteiger partial charge in [-0.05, 0) is 12.1 Å². The summed E-state index contributed by atoms with van der Waals surface area (Å²) in [5, 5.41) is 0. The molecule has 1 aromatic carbocycles. The van der Waals surface area contributed by atoms with Crippen LogP contribution in [0.25, 0.3) is 0 Å². The summed E-state index contributed by atoms with van der Waals surface area (Å²) in [4.78, 5) is 11.2. The van der Waals surface area contributed by atoms with Gasteiger partial charge in [0.2, 0.25) is 0 Å². The minimum atomic E-state index is -5.26. The van der Waals surface area contributed by atoms with Crippen molar-refractivity contribution in [3.05, 3.63) is 17.7 Å². The number of alkyl halides is 5. The molecule has 0 unspecified atom stereocenters. The normalized spacial score (nSPS) is 16.3. The highest BCUT2D eigenvalue weighted by atomic mass is 19.4. The van der Waals surface area contributed by atoms with Crippen molar-refractivity contribution < 1.29 is 41.0 Å². The number of ether oxygens (including phenoxy) is 3. The first-order valence-electron chi connectivity index (χ1n) is 4.74. The molecule has 0 aliphatic carbocycles. The van der Waals surface area contributed by atoms with Crippen LogP contribution in [0.5, 0.6) is 17.2 Å². The van der Waals surface area contributed by atoms with Crippen molar-refractivity contribution in [3.63, 3.8) is 0 Å². The van der Waals surface area contributed by atoms with Crippen molar-refractivity contribution in [2.75, 3.05) is 7.11 Å². The van der Waals surface area contributed by atoms with Crippen LogP contribution in [0.4, 0.5) is 22.0 Å². The van der Waals surface area contributed by atoms with Gasteiger partial charge < -0.3 is 14.2 Å². The number of carbonyl (C=O) groups excluding carboxylic acids is 1. The summed E-state index contributed by atoms with van der Waals surface area (Å²) in [6.07, 6.45) is -9.39. The maximum atomic E-state index is 12.8. The number of fused-ring (bicyclic) bond motifs is 1. The standard InChI is InChI=1S/C10H5F5O4/c1-17-4-2-3-5-7(19-10(14,15)18-5)6(4)8(16)9(11,12)13/h2-3H,1H3. The Kier molecular flexibility index (Phi) is 2.79. The van der Waals surface area contributed by atoms with Crippen LogP contribution in [0.15, 0.2) is 12.1 Å². The lowest BCUT2D eigenvalue weighted by atomic mass is 10.1. The number of benzene rings is 1. The maximum absolute atomic E-state index is 12.8. The van der Waals surface area contributed by atoms with Gasteiger partial charge in [-0.1, -0.05) is 0 Å². The minimum absolute atomic E-state index is 0.539. The highest BCUT2D eigenvalue weighted by Crippen LogP contribution is 2.48. The van der Waals surface area contributed by atoms with E-state index in [1.165, 1.54) is 0 Å². The monoisotopic (exact) mass is 284 g/mol. The molecule has 0 N–H and O–H groups in total. The average molecular weight is 284 g/mol. The molecule has 4 nitrogen and oxygen atoms in total. The summed E-state index contributed by atoms with van der Waals surface area (Å²) >= 11 is 0. The van der Waals surface area contributed by atoms with Gasteiger partial charge in [-0.15, -0.1) is 8.78 Å². The highest BCUT2D eigenvalue weighted by molar-refractivity contribution is 6.05. The quantitative estimate of drug-likeness (QED) is 0.618. The molecule has 0 fully saturated rings. The van der Waals surface area contributed by atoms with Gasteiger partial charge in [0, 0.05) is 0 Å². The molecule has 1 heterocycles. The molecular weight excluding hydrogens is 279 g/mol. The average Bonchev–Trinajstić information content (AvgIpc) is 2.59. The summed E-state index contributed by atoms with van der Waals surface area (Å²) in [6, 6.07) is 1.82. The van der Waals surface area contributed by atoms with Crippen LogP contribution in [0, 0.1) is 0 Å². The number of methoxy groups -OCH3 is 1. The zero-order valence-corrected chi connectivity index (χ0v) is 9.18. The van der Waals surface area contributed by atoms with Crippen molar-refractivity contribution in [1.29, 1.82) is 0 Å². The molecule has 0 amide bonds. The van der Waals surface area contributed by atoms with Crippen molar-refractivity contribution in [1.82, 2.24) is 0 Å². The summed E-state index contributed by atoms with van der Waals surface area (Å²) in [5.74, 6) is -4.56. The fraction of sp³-hybridized carbons (Fsp3) is 0.300. The van der Waals surface area contributed by atoms with E-state index >= 15 is 0 Å². The van der Waals surface area contributed by atoms with E-state index in [0.29, 0.717) is 0 Å². The first-order valence-corrected chi connectivity index (χ1v) is 4.74. The van der Waals surface area contributed by atoms with Gasteiger partial charge in [0.15, 0.2) is 11.5 Å². The van der Waals surface area contributed by atoms with Crippen molar-refractivity contribution in [3.8, 4) is 17.2 Å². The van der Waals surface area contributed by atoms with Crippen LogP contribution in [-0.4, -0.2) is 25.4 Å². The highest BCUT2D eigenvalue weighted by Gasteiger charge is 2.50. The van der Waals surface area contributed by atoms with E-state index in [2.05, 4.69) is 14.2 Å². The van der Waals surface area contributed by atoms with Crippen molar-refractivity contribution in [2.45, 2.75) is 12.5 Å². The number of hydrogen-bond donors (Lipinski definition) is 0. The lowest BCUT2D eigenvalue weighted by molar-refractivity contribution is -0.286. The smallest absolute Gasteiger partial charge is 0.496 e. The van der Waals surface area contributed by atoms with Gasteiger partial charge in [0.1, 0.15) is 11.3 Å². The van der Waals surface area contributed by atoms with Crippen molar-refractivity contribution in [2.24, 2.45) is 0 Å². The Morgan fingerprint density at radius 3 is 2.42 bits per heavy atom. The lowest BCUT2D eigenvalue weighted by Gasteiger charge is -2.12. The Morgan fingerprint density at radius 2 is 1.89 bits per heavy atom. The van der Waals surface area contributed by atoms with Crippen LogP contribution in [0.2, 0.25) is 0 Å². The lowest BCUT2D eigenvalue weighted by Crippen LogP contribution is -2.27. The molecule has 2 rings (SSSR count). The molecular formula is C10H5F5O4. The SMILES string of the molecule is COc1ccc2c(c1C(=O)C(F)(F)F)OC(F)(F)O2. The molecule has 0 atom stereocenters. The van der Waals surface area contributed by atoms with Crippen LogP contribution in [0.3, 0.4) is 0 Å². The summed E-state index contributed by atoms with van der Waals surface area (Å²) in [7, 11) is 0.989.